The number of hydrogen-bond acceptors (Lipinski definition) is 4. The van der Waals surface area contributed by atoms with E-state index in [1.54, 1.807) is 0 Å². The van der Waals surface area contributed by atoms with Crippen LogP contribution in [0.1, 0.15) is 16.1 Å². The van der Waals surface area contributed by atoms with Gasteiger partial charge in [0, 0.05) is 13.1 Å². The molecular weight excluding hydrogens is 260 g/mol. The third-order valence-electron chi connectivity index (χ3n) is 2.57. The lowest BCUT2D eigenvalue weighted by Crippen LogP contribution is -2.35. The van der Waals surface area contributed by atoms with E-state index in [1.165, 1.54) is 13.3 Å². The second-order valence-corrected chi connectivity index (χ2v) is 4.00. The number of carbonyl (C=O) groups is 1. The molecule has 7 nitrogen and oxygen atoms in total. The Bertz CT molecular complexity index is 728. The van der Waals surface area contributed by atoms with Gasteiger partial charge in [0.25, 0.3) is 11.5 Å². The molecule has 1 aromatic carbocycles. The highest BCUT2D eigenvalue weighted by Crippen LogP contribution is 1.93. The molecular formula is C13H12N4O3. The van der Waals surface area contributed by atoms with E-state index in [1.807, 2.05) is 30.3 Å². The summed E-state index contributed by atoms with van der Waals surface area (Å²) in [7, 11) is 1.32. The average Bonchev–Trinajstić information content (AvgIpc) is 2.45. The van der Waals surface area contributed by atoms with Gasteiger partial charge in [0.05, 0.1) is 6.21 Å². The van der Waals surface area contributed by atoms with Crippen LogP contribution in [-0.4, -0.2) is 21.7 Å². The second-order valence-electron chi connectivity index (χ2n) is 4.00. The molecule has 0 saturated carbocycles. The number of aromatic nitrogens is 2. The van der Waals surface area contributed by atoms with Crippen molar-refractivity contribution in [3.05, 3.63) is 68.5 Å². The zero-order valence-corrected chi connectivity index (χ0v) is 10.7. The quantitative estimate of drug-likeness (QED) is 0.600. The fourth-order valence-corrected chi connectivity index (χ4v) is 1.44. The lowest BCUT2D eigenvalue weighted by atomic mass is 10.2. The zero-order chi connectivity index (χ0) is 14.5. The topological polar surface area (TPSA) is 96.3 Å². The van der Waals surface area contributed by atoms with Gasteiger partial charge in [0.1, 0.15) is 5.69 Å². The van der Waals surface area contributed by atoms with E-state index < -0.39 is 17.2 Å². The number of carbonyl (C=O) groups excluding carboxylic acids is 1. The van der Waals surface area contributed by atoms with Crippen molar-refractivity contribution in [1.29, 1.82) is 0 Å². The number of nitrogens with zero attached hydrogens (tertiary/aromatic N) is 2. The van der Waals surface area contributed by atoms with Crippen LogP contribution in [0.2, 0.25) is 0 Å². The molecule has 7 heteroatoms. The van der Waals surface area contributed by atoms with Gasteiger partial charge in [-0.2, -0.15) is 5.10 Å². The number of rotatable bonds is 3. The molecule has 0 radical (unpaired) electrons. The summed E-state index contributed by atoms with van der Waals surface area (Å²) in [5.74, 6) is -0.660. The van der Waals surface area contributed by atoms with Crippen LogP contribution in [0.4, 0.5) is 0 Å². The smallest absolute Gasteiger partial charge is 0.302 e. The minimum atomic E-state index is -0.660. The second kappa shape index (κ2) is 5.79. The predicted molar refractivity (Wildman–Crippen MR) is 73.8 cm³/mol. The highest BCUT2D eigenvalue weighted by atomic mass is 16.2. The van der Waals surface area contributed by atoms with Gasteiger partial charge < -0.3 is 4.98 Å². The largest absolute Gasteiger partial charge is 0.328 e. The summed E-state index contributed by atoms with van der Waals surface area (Å²) in [6.45, 7) is 0. The van der Waals surface area contributed by atoms with Crippen molar-refractivity contribution in [3.63, 3.8) is 0 Å². The maximum absolute atomic E-state index is 11.7. The SMILES string of the molecule is Cn1c(=O)cc(C(=O)NN=Cc2ccccc2)[nH]c1=O. The number of aromatic amines is 1. The maximum Gasteiger partial charge on any atom is 0.328 e. The Kier molecular flexibility index (Phi) is 3.90. The van der Waals surface area contributed by atoms with Gasteiger partial charge >= 0.3 is 5.69 Å². The average molecular weight is 272 g/mol. The predicted octanol–water partition coefficient (Wildman–Crippen LogP) is -0.163. The van der Waals surface area contributed by atoms with Crippen LogP contribution in [0, 0.1) is 0 Å². The Balaban J connectivity index is 2.12. The van der Waals surface area contributed by atoms with E-state index in [-0.39, 0.29) is 5.69 Å². The molecule has 2 aromatic rings. The van der Waals surface area contributed by atoms with E-state index in [4.69, 9.17) is 0 Å². The molecule has 1 heterocycles. The minimum Gasteiger partial charge on any atom is -0.302 e. The van der Waals surface area contributed by atoms with Crippen LogP contribution < -0.4 is 16.7 Å². The summed E-state index contributed by atoms with van der Waals surface area (Å²) in [5, 5.41) is 3.74. The lowest BCUT2D eigenvalue weighted by molar-refractivity contribution is 0.0949. The molecule has 0 fully saturated rings. The number of amides is 1. The Morgan fingerprint density at radius 2 is 2.00 bits per heavy atom. The third kappa shape index (κ3) is 3.08. The van der Waals surface area contributed by atoms with E-state index in [0.29, 0.717) is 0 Å². The van der Waals surface area contributed by atoms with Gasteiger partial charge in [-0.05, 0) is 5.56 Å². The first-order valence-electron chi connectivity index (χ1n) is 5.77. The Morgan fingerprint density at radius 1 is 1.30 bits per heavy atom. The number of hydrogen-bond donors (Lipinski definition) is 2. The molecule has 1 amide bonds. The van der Waals surface area contributed by atoms with Crippen LogP contribution in [0.5, 0.6) is 0 Å². The van der Waals surface area contributed by atoms with Crippen molar-refractivity contribution in [2.75, 3.05) is 0 Å². The summed E-state index contributed by atoms with van der Waals surface area (Å²) in [6.07, 6.45) is 1.46. The molecule has 0 spiro atoms. The Morgan fingerprint density at radius 3 is 2.65 bits per heavy atom. The standard InChI is InChI=1S/C13H12N4O3/c1-17-11(18)7-10(15-13(17)20)12(19)16-14-8-9-5-3-2-4-6-9/h2-8H,1H3,(H,15,20)(H,16,19). The summed E-state index contributed by atoms with van der Waals surface area (Å²) in [6, 6.07) is 10.2. The number of H-pyrrole nitrogens is 1. The van der Waals surface area contributed by atoms with Gasteiger partial charge in [-0.15, -0.1) is 0 Å². The highest BCUT2D eigenvalue weighted by Gasteiger charge is 2.08. The Hall–Kier alpha value is -2.96. The fraction of sp³-hybridized carbons (Fsp3) is 0.0769. The first-order chi connectivity index (χ1) is 9.58. The van der Waals surface area contributed by atoms with Crippen LogP contribution in [-0.2, 0) is 7.05 Å². The zero-order valence-electron chi connectivity index (χ0n) is 10.7. The molecule has 0 atom stereocenters. The van der Waals surface area contributed by atoms with E-state index >= 15 is 0 Å². The molecule has 0 aliphatic rings. The molecule has 0 aliphatic carbocycles. The molecule has 1 aromatic heterocycles. The summed E-state index contributed by atoms with van der Waals surface area (Å²) in [4.78, 5) is 36.7. The van der Waals surface area contributed by atoms with E-state index in [9.17, 15) is 14.4 Å². The molecule has 20 heavy (non-hydrogen) atoms. The third-order valence-corrected chi connectivity index (χ3v) is 2.57. The first kappa shape index (κ1) is 13.5. The monoisotopic (exact) mass is 272 g/mol. The summed E-state index contributed by atoms with van der Waals surface area (Å²) >= 11 is 0. The van der Waals surface area contributed by atoms with Crippen LogP contribution in [0.3, 0.4) is 0 Å². The van der Waals surface area contributed by atoms with E-state index in [2.05, 4.69) is 15.5 Å². The molecule has 0 unspecified atom stereocenters. The lowest BCUT2D eigenvalue weighted by Gasteiger charge is -2.00. The molecule has 2 rings (SSSR count). The van der Waals surface area contributed by atoms with Crippen LogP contribution >= 0.6 is 0 Å². The van der Waals surface area contributed by atoms with E-state index in [0.717, 1.165) is 16.2 Å². The molecule has 0 saturated heterocycles. The Labute approximate surface area is 113 Å². The van der Waals surface area contributed by atoms with Crippen LogP contribution in [0.15, 0.2) is 51.1 Å². The number of benzene rings is 1. The van der Waals surface area contributed by atoms with Gasteiger partial charge in [0.15, 0.2) is 0 Å². The van der Waals surface area contributed by atoms with Gasteiger partial charge in [-0.3, -0.25) is 14.2 Å². The first-order valence-corrected chi connectivity index (χ1v) is 5.77. The molecule has 2 N–H and O–H groups in total. The number of hydrazone groups is 1. The minimum absolute atomic E-state index is 0.136. The molecule has 0 aliphatic heterocycles. The number of nitrogens with one attached hydrogen (secondary N) is 2. The van der Waals surface area contributed by atoms with Crippen molar-refractivity contribution < 1.29 is 4.79 Å². The molecule has 102 valence electrons. The van der Waals surface area contributed by atoms with Crippen molar-refractivity contribution in [3.8, 4) is 0 Å². The van der Waals surface area contributed by atoms with Crippen molar-refractivity contribution in [2.24, 2.45) is 12.1 Å². The van der Waals surface area contributed by atoms with Gasteiger partial charge in [0.2, 0.25) is 0 Å². The van der Waals surface area contributed by atoms with Crippen molar-refractivity contribution >= 4 is 12.1 Å². The van der Waals surface area contributed by atoms with Gasteiger partial charge in [-0.1, -0.05) is 30.3 Å². The van der Waals surface area contributed by atoms with Crippen molar-refractivity contribution in [1.82, 2.24) is 15.0 Å². The maximum atomic E-state index is 11.7. The normalized spacial score (nSPS) is 10.7. The summed E-state index contributed by atoms with van der Waals surface area (Å²) < 4.78 is 0.865. The fourth-order valence-electron chi connectivity index (χ4n) is 1.44. The summed E-state index contributed by atoms with van der Waals surface area (Å²) in [5.41, 5.74) is 1.69. The highest BCUT2D eigenvalue weighted by molar-refractivity contribution is 5.92. The van der Waals surface area contributed by atoms with Crippen molar-refractivity contribution in [2.45, 2.75) is 0 Å². The van der Waals surface area contributed by atoms with Gasteiger partial charge in [-0.25, -0.2) is 10.2 Å². The molecule has 0 bridgehead atoms. The van der Waals surface area contributed by atoms with Crippen LogP contribution in [0.25, 0.3) is 0 Å².